The van der Waals surface area contributed by atoms with Crippen LogP contribution in [0.2, 0.25) is 0 Å². The smallest absolute Gasteiger partial charge is 0.306 e. The van der Waals surface area contributed by atoms with Crippen LogP contribution in [0.5, 0.6) is 0 Å². The van der Waals surface area contributed by atoms with E-state index in [-0.39, 0.29) is 11.8 Å². The summed E-state index contributed by atoms with van der Waals surface area (Å²) in [4.78, 5) is 11.0. The number of hydrogen-bond donors (Lipinski definition) is 1. The topological polar surface area (TPSA) is 37.3 Å². The van der Waals surface area contributed by atoms with E-state index in [1.807, 2.05) is 38.1 Å². The molecule has 0 saturated heterocycles. The van der Waals surface area contributed by atoms with Gasteiger partial charge in [0.15, 0.2) is 0 Å². The van der Waals surface area contributed by atoms with Crippen molar-refractivity contribution >= 4 is 21.9 Å². The molecule has 1 rings (SSSR count). The molecule has 0 aliphatic rings. The number of carbonyl (C=O) groups is 1. The van der Waals surface area contributed by atoms with Crippen molar-refractivity contribution in [1.82, 2.24) is 0 Å². The van der Waals surface area contributed by atoms with Crippen LogP contribution in [0, 0.1) is 11.8 Å². The van der Waals surface area contributed by atoms with Crippen molar-refractivity contribution in [2.24, 2.45) is 11.8 Å². The van der Waals surface area contributed by atoms with Crippen LogP contribution in [-0.4, -0.2) is 11.1 Å². The number of aryl methyl sites for hydroxylation is 1. The molecular formula is C13H17BrO2. The standard InChI is InChI=1S/C13H17BrO2/c1-9(2)12(13(15)16)8-5-10-3-6-11(14)7-4-10/h3-4,6-7,9,12H,5,8H2,1-2H3,(H,15,16). The summed E-state index contributed by atoms with van der Waals surface area (Å²) < 4.78 is 1.05. The van der Waals surface area contributed by atoms with E-state index < -0.39 is 5.97 Å². The van der Waals surface area contributed by atoms with Crippen molar-refractivity contribution in [2.45, 2.75) is 26.7 Å². The number of carboxylic acids is 1. The second-order valence-corrected chi connectivity index (χ2v) is 5.27. The Morgan fingerprint density at radius 3 is 2.31 bits per heavy atom. The molecule has 0 aliphatic heterocycles. The van der Waals surface area contributed by atoms with Crippen LogP contribution in [0.25, 0.3) is 0 Å². The Morgan fingerprint density at radius 1 is 1.31 bits per heavy atom. The van der Waals surface area contributed by atoms with Gasteiger partial charge in [-0.2, -0.15) is 0 Å². The van der Waals surface area contributed by atoms with E-state index >= 15 is 0 Å². The highest BCUT2D eigenvalue weighted by Gasteiger charge is 2.20. The summed E-state index contributed by atoms with van der Waals surface area (Å²) in [6.45, 7) is 3.92. The van der Waals surface area contributed by atoms with Crippen LogP contribution in [0.15, 0.2) is 28.7 Å². The van der Waals surface area contributed by atoms with Gasteiger partial charge in [0, 0.05) is 4.47 Å². The van der Waals surface area contributed by atoms with E-state index in [4.69, 9.17) is 5.11 Å². The molecule has 0 bridgehead atoms. The second kappa shape index (κ2) is 6.04. The molecule has 88 valence electrons. The number of carboxylic acid groups (broad SMARTS) is 1. The summed E-state index contributed by atoms with van der Waals surface area (Å²) in [7, 11) is 0. The van der Waals surface area contributed by atoms with Crippen LogP contribution in [-0.2, 0) is 11.2 Å². The third-order valence-electron chi connectivity index (χ3n) is 2.78. The van der Waals surface area contributed by atoms with Crippen molar-refractivity contribution in [3.8, 4) is 0 Å². The van der Waals surface area contributed by atoms with Crippen LogP contribution < -0.4 is 0 Å². The van der Waals surface area contributed by atoms with Crippen LogP contribution >= 0.6 is 15.9 Å². The van der Waals surface area contributed by atoms with Gasteiger partial charge in [-0.25, -0.2) is 0 Å². The summed E-state index contributed by atoms with van der Waals surface area (Å²) in [5.74, 6) is -0.747. The molecule has 0 amide bonds. The summed E-state index contributed by atoms with van der Waals surface area (Å²) >= 11 is 3.38. The maximum atomic E-state index is 11.0. The van der Waals surface area contributed by atoms with Gasteiger partial charge in [0.1, 0.15) is 0 Å². The molecule has 0 radical (unpaired) electrons. The van der Waals surface area contributed by atoms with Crippen LogP contribution in [0.3, 0.4) is 0 Å². The summed E-state index contributed by atoms with van der Waals surface area (Å²) in [6, 6.07) is 8.04. The van der Waals surface area contributed by atoms with Gasteiger partial charge in [0.25, 0.3) is 0 Å². The predicted molar refractivity (Wildman–Crippen MR) is 68.4 cm³/mol. The fourth-order valence-electron chi connectivity index (χ4n) is 1.72. The SMILES string of the molecule is CC(C)C(CCc1ccc(Br)cc1)C(=O)O. The van der Waals surface area contributed by atoms with Crippen molar-refractivity contribution in [2.75, 3.05) is 0 Å². The molecule has 3 heteroatoms. The van der Waals surface area contributed by atoms with E-state index in [1.165, 1.54) is 5.56 Å². The second-order valence-electron chi connectivity index (χ2n) is 4.35. The molecular weight excluding hydrogens is 268 g/mol. The lowest BCUT2D eigenvalue weighted by atomic mass is 9.90. The van der Waals surface area contributed by atoms with Gasteiger partial charge in [-0.3, -0.25) is 4.79 Å². The molecule has 0 saturated carbocycles. The lowest BCUT2D eigenvalue weighted by Gasteiger charge is -2.15. The van der Waals surface area contributed by atoms with E-state index in [0.29, 0.717) is 6.42 Å². The largest absolute Gasteiger partial charge is 0.481 e. The molecule has 1 atom stereocenters. The Hall–Kier alpha value is -0.830. The third kappa shape index (κ3) is 3.97. The first-order valence-electron chi connectivity index (χ1n) is 5.48. The van der Waals surface area contributed by atoms with Crippen LogP contribution in [0.4, 0.5) is 0 Å². The Labute approximate surface area is 105 Å². The fraction of sp³-hybridized carbons (Fsp3) is 0.462. The highest BCUT2D eigenvalue weighted by Crippen LogP contribution is 2.19. The first-order valence-corrected chi connectivity index (χ1v) is 6.27. The molecule has 2 nitrogen and oxygen atoms in total. The fourth-order valence-corrected chi connectivity index (χ4v) is 1.98. The lowest BCUT2D eigenvalue weighted by Crippen LogP contribution is -2.20. The number of aliphatic carboxylic acids is 1. The average Bonchev–Trinajstić information content (AvgIpc) is 2.20. The van der Waals surface area contributed by atoms with E-state index in [0.717, 1.165) is 10.9 Å². The molecule has 1 aromatic carbocycles. The molecule has 0 aromatic heterocycles. The quantitative estimate of drug-likeness (QED) is 0.894. The Kier molecular flexibility index (Phi) is 5.00. The van der Waals surface area contributed by atoms with Gasteiger partial charge in [0.2, 0.25) is 0 Å². The number of rotatable bonds is 5. The molecule has 1 unspecified atom stereocenters. The summed E-state index contributed by atoms with van der Waals surface area (Å²) in [5.41, 5.74) is 1.19. The minimum atomic E-state index is -0.688. The molecule has 1 aromatic rings. The normalized spacial score (nSPS) is 12.8. The Bertz CT molecular complexity index is 343. The van der Waals surface area contributed by atoms with Gasteiger partial charge in [0.05, 0.1) is 5.92 Å². The van der Waals surface area contributed by atoms with Crippen molar-refractivity contribution in [3.63, 3.8) is 0 Å². The first kappa shape index (κ1) is 13.2. The van der Waals surface area contributed by atoms with Gasteiger partial charge in [-0.05, 0) is 36.5 Å². The zero-order valence-electron chi connectivity index (χ0n) is 9.61. The average molecular weight is 285 g/mol. The molecule has 0 heterocycles. The number of hydrogen-bond acceptors (Lipinski definition) is 1. The maximum Gasteiger partial charge on any atom is 0.306 e. The number of halogens is 1. The van der Waals surface area contributed by atoms with Crippen LogP contribution in [0.1, 0.15) is 25.8 Å². The molecule has 0 aliphatic carbocycles. The molecule has 0 spiro atoms. The monoisotopic (exact) mass is 284 g/mol. The maximum absolute atomic E-state index is 11.0. The minimum Gasteiger partial charge on any atom is -0.481 e. The number of benzene rings is 1. The first-order chi connectivity index (χ1) is 7.50. The van der Waals surface area contributed by atoms with Crippen molar-refractivity contribution in [1.29, 1.82) is 0 Å². The highest BCUT2D eigenvalue weighted by molar-refractivity contribution is 9.10. The summed E-state index contributed by atoms with van der Waals surface area (Å²) in [6.07, 6.45) is 1.52. The van der Waals surface area contributed by atoms with Gasteiger partial charge < -0.3 is 5.11 Å². The summed E-state index contributed by atoms with van der Waals surface area (Å²) in [5, 5.41) is 9.06. The van der Waals surface area contributed by atoms with E-state index in [9.17, 15) is 4.79 Å². The van der Waals surface area contributed by atoms with Gasteiger partial charge in [-0.1, -0.05) is 41.9 Å². The van der Waals surface area contributed by atoms with E-state index in [1.54, 1.807) is 0 Å². The predicted octanol–water partition coefficient (Wildman–Crippen LogP) is 3.74. The highest BCUT2D eigenvalue weighted by atomic mass is 79.9. The molecule has 16 heavy (non-hydrogen) atoms. The van der Waals surface area contributed by atoms with Crippen molar-refractivity contribution < 1.29 is 9.90 Å². The zero-order valence-corrected chi connectivity index (χ0v) is 11.2. The van der Waals surface area contributed by atoms with Gasteiger partial charge in [-0.15, -0.1) is 0 Å². The molecule has 0 fully saturated rings. The zero-order chi connectivity index (χ0) is 12.1. The lowest BCUT2D eigenvalue weighted by molar-refractivity contribution is -0.143. The Morgan fingerprint density at radius 2 is 1.88 bits per heavy atom. The van der Waals surface area contributed by atoms with Gasteiger partial charge >= 0.3 is 5.97 Å². The van der Waals surface area contributed by atoms with Crippen molar-refractivity contribution in [3.05, 3.63) is 34.3 Å². The minimum absolute atomic E-state index is 0.188. The molecule has 1 N–H and O–H groups in total. The third-order valence-corrected chi connectivity index (χ3v) is 3.31. The van der Waals surface area contributed by atoms with E-state index in [2.05, 4.69) is 15.9 Å². The Balaban J connectivity index is 2.55.